The molecule has 5 rings (SSSR count). The third-order valence-corrected chi connectivity index (χ3v) is 6.20. The molecular weight excluding hydrogens is 454 g/mol. The summed E-state index contributed by atoms with van der Waals surface area (Å²) in [7, 11) is 2.98. The number of hydrogen-bond donors (Lipinski definition) is 3. The number of H-pyrrole nitrogens is 1. The lowest BCUT2D eigenvalue weighted by molar-refractivity contribution is -0.0170. The van der Waals surface area contributed by atoms with Crippen LogP contribution >= 0.6 is 0 Å². The fraction of sp³-hybridized carbons (Fsp3) is 0.318. The zero-order valence-electron chi connectivity index (χ0n) is 18.3. The van der Waals surface area contributed by atoms with E-state index in [1.54, 1.807) is 7.05 Å². The third-order valence-electron chi connectivity index (χ3n) is 6.20. The molecule has 8 nitrogen and oxygen atoms in total. The van der Waals surface area contributed by atoms with Crippen LogP contribution in [0.3, 0.4) is 0 Å². The van der Waals surface area contributed by atoms with Gasteiger partial charge in [0.05, 0.1) is 47.2 Å². The van der Waals surface area contributed by atoms with Gasteiger partial charge in [-0.2, -0.15) is 0 Å². The van der Waals surface area contributed by atoms with Crippen LogP contribution in [0.5, 0.6) is 6.01 Å². The van der Waals surface area contributed by atoms with E-state index in [0.29, 0.717) is 16.8 Å². The molecule has 1 aromatic carbocycles. The molecule has 178 valence electrons. The Morgan fingerprint density at radius 2 is 1.94 bits per heavy atom. The second-order valence-corrected chi connectivity index (χ2v) is 8.12. The summed E-state index contributed by atoms with van der Waals surface area (Å²) >= 11 is 0. The van der Waals surface area contributed by atoms with E-state index < -0.39 is 30.0 Å². The molecule has 12 heteroatoms. The van der Waals surface area contributed by atoms with E-state index in [9.17, 15) is 13.2 Å². The molecule has 1 atom stereocenters. The van der Waals surface area contributed by atoms with Crippen LogP contribution < -0.4 is 20.7 Å². The van der Waals surface area contributed by atoms with Crippen molar-refractivity contribution < 1.29 is 22.3 Å². The number of aromatic amines is 1. The first-order chi connectivity index (χ1) is 16.3. The van der Waals surface area contributed by atoms with Crippen molar-refractivity contribution in [3.8, 4) is 17.1 Å². The van der Waals surface area contributed by atoms with Crippen molar-refractivity contribution >= 4 is 33.3 Å². The van der Waals surface area contributed by atoms with Crippen molar-refractivity contribution in [1.29, 1.82) is 0 Å². The minimum Gasteiger partial charge on any atom is -0.467 e. The summed E-state index contributed by atoms with van der Waals surface area (Å²) in [5.74, 6) is -6.35. The molecule has 0 spiro atoms. The largest absolute Gasteiger partial charge is 0.467 e. The third kappa shape index (κ3) is 3.28. The molecule has 0 bridgehead atoms. The number of rotatable bonds is 5. The number of nitrogens with two attached hydrogens (primary N) is 1. The number of fused-ring (bicyclic) bond motifs is 3. The summed E-state index contributed by atoms with van der Waals surface area (Å²) < 4.78 is 64.2. The van der Waals surface area contributed by atoms with Gasteiger partial charge in [-0.25, -0.2) is 32.5 Å². The summed E-state index contributed by atoms with van der Waals surface area (Å²) in [6, 6.07) is 1.15. The van der Waals surface area contributed by atoms with Crippen LogP contribution in [0.1, 0.15) is 0 Å². The Bertz CT molecular complexity index is 1390. The standard InChI is InChI=1S/C22H21F4N7O/c1-28-14-3-13(23)17(24)15-16-19(33-8-11(4-27)22(25,26)9-33)12(7-29-20(16)32-18(14)15)10-5-30-21(34-2)31-6-10/h3,5-7,11,28H,4,8-9,27H2,1-2H3,(H,29,32). The SMILES string of the molecule is CNc1cc(F)c(F)c2c1[nH]c1ncc(-c3cnc(OC)nc3)c(N3CC(CN)C(F)(F)C3)c12. The molecule has 1 fully saturated rings. The molecular formula is C22H21F4N7O. The summed E-state index contributed by atoms with van der Waals surface area (Å²) in [4.78, 5) is 17.0. The molecule has 1 aliphatic heterocycles. The van der Waals surface area contributed by atoms with Crippen molar-refractivity contribution in [1.82, 2.24) is 19.9 Å². The van der Waals surface area contributed by atoms with E-state index in [1.807, 2.05) is 0 Å². The smallest absolute Gasteiger partial charge is 0.316 e. The van der Waals surface area contributed by atoms with Crippen LogP contribution in [0.25, 0.3) is 33.1 Å². The van der Waals surface area contributed by atoms with Crippen LogP contribution in [0, 0.1) is 17.6 Å². The molecule has 0 aliphatic carbocycles. The highest BCUT2D eigenvalue weighted by Gasteiger charge is 2.48. The minimum atomic E-state index is -3.07. The number of pyridine rings is 1. The van der Waals surface area contributed by atoms with Gasteiger partial charge in [0, 0.05) is 55.9 Å². The Hall–Kier alpha value is -3.67. The number of nitrogens with zero attached hydrogens (tertiary/aromatic N) is 4. The normalized spacial score (nSPS) is 17.6. The van der Waals surface area contributed by atoms with E-state index in [-0.39, 0.29) is 46.7 Å². The quantitative estimate of drug-likeness (QED) is 0.379. The summed E-state index contributed by atoms with van der Waals surface area (Å²) in [5.41, 5.74) is 7.53. The zero-order valence-corrected chi connectivity index (χ0v) is 18.3. The van der Waals surface area contributed by atoms with Gasteiger partial charge >= 0.3 is 6.01 Å². The lowest BCUT2D eigenvalue weighted by atomic mass is 10.0. The molecule has 4 aromatic rings. The van der Waals surface area contributed by atoms with Gasteiger partial charge in [0.2, 0.25) is 0 Å². The van der Waals surface area contributed by atoms with Crippen molar-refractivity contribution in [2.45, 2.75) is 5.92 Å². The molecule has 0 amide bonds. The monoisotopic (exact) mass is 475 g/mol. The highest BCUT2D eigenvalue weighted by atomic mass is 19.3. The molecule has 1 unspecified atom stereocenters. The van der Waals surface area contributed by atoms with Crippen LogP contribution in [0.15, 0.2) is 24.7 Å². The Balaban J connectivity index is 1.86. The van der Waals surface area contributed by atoms with Gasteiger partial charge in [0.1, 0.15) is 5.65 Å². The van der Waals surface area contributed by atoms with Gasteiger partial charge in [-0.1, -0.05) is 0 Å². The number of anilines is 2. The maximum atomic E-state index is 15.2. The first-order valence-electron chi connectivity index (χ1n) is 10.5. The number of methoxy groups -OCH3 is 1. The first-order valence-corrected chi connectivity index (χ1v) is 10.5. The van der Waals surface area contributed by atoms with E-state index in [0.717, 1.165) is 6.07 Å². The number of alkyl halides is 2. The second-order valence-electron chi connectivity index (χ2n) is 8.12. The average molecular weight is 475 g/mol. The van der Waals surface area contributed by atoms with Gasteiger partial charge in [0.15, 0.2) is 11.6 Å². The minimum absolute atomic E-state index is 0.0743. The highest BCUT2D eigenvalue weighted by molar-refractivity contribution is 6.18. The topological polar surface area (TPSA) is 105 Å². The number of aromatic nitrogens is 4. The van der Waals surface area contributed by atoms with Crippen molar-refractivity contribution in [3.63, 3.8) is 0 Å². The number of nitrogens with one attached hydrogen (secondary N) is 2. The molecule has 0 saturated carbocycles. The molecule has 4 N–H and O–H groups in total. The molecule has 1 saturated heterocycles. The predicted molar refractivity (Wildman–Crippen MR) is 120 cm³/mol. The fourth-order valence-corrected chi connectivity index (χ4v) is 4.50. The predicted octanol–water partition coefficient (Wildman–Crippen LogP) is 3.53. The van der Waals surface area contributed by atoms with Crippen LogP contribution in [0.2, 0.25) is 0 Å². The molecule has 34 heavy (non-hydrogen) atoms. The Labute approximate surface area is 191 Å². The van der Waals surface area contributed by atoms with Gasteiger partial charge in [-0.05, 0) is 0 Å². The van der Waals surface area contributed by atoms with Gasteiger partial charge in [-0.3, -0.25) is 0 Å². The Morgan fingerprint density at radius 3 is 2.56 bits per heavy atom. The maximum Gasteiger partial charge on any atom is 0.316 e. The van der Waals surface area contributed by atoms with Crippen LogP contribution in [-0.2, 0) is 0 Å². The second kappa shape index (κ2) is 7.97. The summed E-state index contributed by atoms with van der Waals surface area (Å²) in [6.45, 7) is -0.935. The zero-order chi connectivity index (χ0) is 24.2. The van der Waals surface area contributed by atoms with Crippen molar-refractivity contribution in [3.05, 3.63) is 36.3 Å². The summed E-state index contributed by atoms with van der Waals surface area (Å²) in [5, 5.41) is 2.93. The average Bonchev–Trinajstić information content (AvgIpc) is 3.37. The molecule has 3 aromatic heterocycles. The van der Waals surface area contributed by atoms with E-state index in [1.165, 1.54) is 30.6 Å². The number of ether oxygens (including phenoxy) is 1. The number of benzene rings is 1. The lowest BCUT2D eigenvalue weighted by Gasteiger charge is -2.23. The van der Waals surface area contributed by atoms with Gasteiger partial charge in [-0.15, -0.1) is 0 Å². The molecule has 1 aliphatic rings. The van der Waals surface area contributed by atoms with Crippen LogP contribution in [-0.4, -0.2) is 59.7 Å². The Morgan fingerprint density at radius 1 is 1.21 bits per heavy atom. The van der Waals surface area contributed by atoms with Crippen molar-refractivity contribution in [2.75, 3.05) is 44.0 Å². The fourth-order valence-electron chi connectivity index (χ4n) is 4.50. The first kappa shape index (κ1) is 22.1. The van der Waals surface area contributed by atoms with E-state index >= 15 is 4.39 Å². The van der Waals surface area contributed by atoms with Crippen LogP contribution in [0.4, 0.5) is 28.9 Å². The summed E-state index contributed by atoms with van der Waals surface area (Å²) in [6.07, 6.45) is 4.38. The van der Waals surface area contributed by atoms with E-state index in [2.05, 4.69) is 25.3 Å². The van der Waals surface area contributed by atoms with Crippen molar-refractivity contribution in [2.24, 2.45) is 11.7 Å². The lowest BCUT2D eigenvalue weighted by Crippen LogP contribution is -2.32. The number of halogens is 4. The molecule has 4 heterocycles. The van der Waals surface area contributed by atoms with Gasteiger partial charge in [0.25, 0.3) is 5.92 Å². The number of hydrogen-bond acceptors (Lipinski definition) is 7. The Kier molecular flexibility index (Phi) is 5.19. The van der Waals surface area contributed by atoms with E-state index in [4.69, 9.17) is 10.5 Å². The maximum absolute atomic E-state index is 15.2. The van der Waals surface area contributed by atoms with Gasteiger partial charge < -0.3 is 25.7 Å². The highest BCUT2D eigenvalue weighted by Crippen LogP contribution is 2.46. The molecule has 0 radical (unpaired) electrons.